The quantitative estimate of drug-likeness (QED) is 0.745. The number of H-pyrrole nitrogens is 1. The highest BCUT2D eigenvalue weighted by Crippen LogP contribution is 2.31. The van der Waals surface area contributed by atoms with Crippen molar-refractivity contribution in [2.24, 2.45) is 7.05 Å². The average Bonchev–Trinajstić information content (AvgIpc) is 3.04. The molecule has 0 fully saturated rings. The van der Waals surface area contributed by atoms with Gasteiger partial charge in [0.15, 0.2) is 5.78 Å². The van der Waals surface area contributed by atoms with Gasteiger partial charge in [0.2, 0.25) is 0 Å². The van der Waals surface area contributed by atoms with Crippen LogP contribution in [0.15, 0.2) is 36.8 Å². The van der Waals surface area contributed by atoms with E-state index in [2.05, 4.69) is 23.8 Å². The summed E-state index contributed by atoms with van der Waals surface area (Å²) in [6.07, 6.45) is 4.06. The molecule has 3 rings (SSSR count). The highest BCUT2D eigenvalue weighted by molar-refractivity contribution is 6.08. The molecule has 4 nitrogen and oxygen atoms in total. The Labute approximate surface area is 130 Å². The fraction of sp³-hybridized carbons (Fsp3) is 0.333. The number of aromatic nitrogens is 3. The molecule has 0 bridgehead atoms. The number of Topliss-reactive ketones (excluding diaryl/α,β-unsaturated/α-hetero) is 1. The SMILES string of the molecule is Cc1[nH]cnc1C(C)(C)CC(=O)c1cn(C)c2ccccc12. The number of carbonyl (C=O) groups excluding carboxylic acids is 1. The van der Waals surface area contributed by atoms with Crippen LogP contribution in [0.3, 0.4) is 0 Å². The van der Waals surface area contributed by atoms with Gasteiger partial charge in [-0.05, 0) is 13.0 Å². The zero-order valence-corrected chi connectivity index (χ0v) is 13.5. The molecule has 0 saturated heterocycles. The molecule has 22 heavy (non-hydrogen) atoms. The Morgan fingerprint density at radius 3 is 2.73 bits per heavy atom. The van der Waals surface area contributed by atoms with Crippen LogP contribution in [0.25, 0.3) is 10.9 Å². The number of benzene rings is 1. The minimum absolute atomic E-state index is 0.157. The summed E-state index contributed by atoms with van der Waals surface area (Å²) >= 11 is 0. The van der Waals surface area contributed by atoms with Gasteiger partial charge >= 0.3 is 0 Å². The van der Waals surface area contributed by atoms with Crippen molar-refractivity contribution in [3.63, 3.8) is 0 Å². The standard InChI is InChI=1S/C18H21N3O/c1-12-17(20-11-19-12)18(2,3)9-16(22)14-10-21(4)15-8-6-5-7-13(14)15/h5-8,10-11H,9H2,1-4H3,(H,19,20). The molecule has 2 heterocycles. The number of carbonyl (C=O) groups is 1. The normalized spacial score (nSPS) is 12.0. The van der Waals surface area contributed by atoms with E-state index in [9.17, 15) is 4.79 Å². The maximum Gasteiger partial charge on any atom is 0.165 e. The minimum Gasteiger partial charge on any atom is -0.350 e. The van der Waals surface area contributed by atoms with E-state index < -0.39 is 0 Å². The fourth-order valence-electron chi connectivity index (χ4n) is 3.19. The number of imidazole rings is 1. The minimum atomic E-state index is -0.294. The van der Waals surface area contributed by atoms with Crippen LogP contribution >= 0.6 is 0 Å². The lowest BCUT2D eigenvalue weighted by Crippen LogP contribution is -2.23. The van der Waals surface area contributed by atoms with Gasteiger partial charge in [0.05, 0.1) is 12.0 Å². The molecule has 114 valence electrons. The van der Waals surface area contributed by atoms with Crippen molar-refractivity contribution in [1.82, 2.24) is 14.5 Å². The predicted octanol–water partition coefficient (Wildman–Crippen LogP) is 3.76. The molecule has 0 aliphatic carbocycles. The van der Waals surface area contributed by atoms with Crippen molar-refractivity contribution in [2.45, 2.75) is 32.6 Å². The van der Waals surface area contributed by atoms with Gasteiger partial charge in [-0.1, -0.05) is 32.0 Å². The fourth-order valence-corrected chi connectivity index (χ4v) is 3.19. The molecule has 0 aliphatic rings. The summed E-state index contributed by atoms with van der Waals surface area (Å²) in [7, 11) is 1.97. The predicted molar refractivity (Wildman–Crippen MR) is 88.2 cm³/mol. The molecule has 0 aliphatic heterocycles. The van der Waals surface area contributed by atoms with Gasteiger partial charge in [0.25, 0.3) is 0 Å². The van der Waals surface area contributed by atoms with E-state index in [0.717, 1.165) is 27.9 Å². The van der Waals surface area contributed by atoms with Crippen molar-refractivity contribution in [3.8, 4) is 0 Å². The molecule has 3 aromatic rings. The number of rotatable bonds is 4. The van der Waals surface area contributed by atoms with Gasteiger partial charge in [-0.15, -0.1) is 0 Å². The van der Waals surface area contributed by atoms with Crippen molar-refractivity contribution < 1.29 is 4.79 Å². The molecule has 4 heteroatoms. The van der Waals surface area contributed by atoms with E-state index >= 15 is 0 Å². The highest BCUT2D eigenvalue weighted by atomic mass is 16.1. The summed E-state index contributed by atoms with van der Waals surface area (Å²) in [5.74, 6) is 0.157. The van der Waals surface area contributed by atoms with Gasteiger partial charge in [-0.25, -0.2) is 4.98 Å². The highest BCUT2D eigenvalue weighted by Gasteiger charge is 2.29. The number of para-hydroxylation sites is 1. The first-order valence-electron chi connectivity index (χ1n) is 7.48. The zero-order chi connectivity index (χ0) is 15.9. The number of hydrogen-bond acceptors (Lipinski definition) is 2. The van der Waals surface area contributed by atoms with Crippen molar-refractivity contribution in [1.29, 1.82) is 0 Å². The third-order valence-corrected chi connectivity index (χ3v) is 4.27. The first-order chi connectivity index (χ1) is 10.4. The zero-order valence-electron chi connectivity index (χ0n) is 13.5. The van der Waals surface area contributed by atoms with Gasteiger partial charge in [-0.2, -0.15) is 0 Å². The van der Waals surface area contributed by atoms with Gasteiger partial charge in [0.1, 0.15) is 0 Å². The number of hydrogen-bond donors (Lipinski definition) is 1. The molecular formula is C18H21N3O. The maximum atomic E-state index is 12.8. The largest absolute Gasteiger partial charge is 0.350 e. The van der Waals surface area contributed by atoms with Crippen molar-refractivity contribution >= 4 is 16.7 Å². The van der Waals surface area contributed by atoms with Gasteiger partial charge < -0.3 is 9.55 Å². The average molecular weight is 295 g/mol. The van der Waals surface area contributed by atoms with Crippen molar-refractivity contribution in [3.05, 3.63) is 53.7 Å². The number of ketones is 1. The lowest BCUT2D eigenvalue weighted by atomic mass is 9.81. The summed E-state index contributed by atoms with van der Waals surface area (Å²) in [5.41, 5.74) is 3.56. The van der Waals surface area contributed by atoms with E-state index in [1.165, 1.54) is 0 Å². The molecule has 0 amide bonds. The van der Waals surface area contributed by atoms with Crippen LogP contribution in [0.5, 0.6) is 0 Å². The molecular weight excluding hydrogens is 274 g/mol. The monoisotopic (exact) mass is 295 g/mol. The molecule has 0 saturated carbocycles. The van der Waals surface area contributed by atoms with Gasteiger partial charge in [0, 0.05) is 47.2 Å². The lowest BCUT2D eigenvalue weighted by molar-refractivity contribution is 0.0958. The molecule has 0 unspecified atom stereocenters. The second-order valence-corrected chi connectivity index (χ2v) is 6.53. The summed E-state index contributed by atoms with van der Waals surface area (Å²) in [6.45, 7) is 6.13. The van der Waals surface area contributed by atoms with Crippen LogP contribution in [-0.2, 0) is 12.5 Å². The van der Waals surface area contributed by atoms with E-state index in [1.807, 2.05) is 49.0 Å². The topological polar surface area (TPSA) is 50.7 Å². The lowest BCUT2D eigenvalue weighted by Gasteiger charge is -2.22. The van der Waals surface area contributed by atoms with Crippen LogP contribution in [-0.4, -0.2) is 20.3 Å². The Bertz CT molecular complexity index is 839. The third kappa shape index (κ3) is 2.34. The summed E-state index contributed by atoms with van der Waals surface area (Å²) in [6, 6.07) is 8.01. The van der Waals surface area contributed by atoms with Crippen LogP contribution in [0.1, 0.15) is 42.0 Å². The van der Waals surface area contributed by atoms with E-state index in [-0.39, 0.29) is 11.2 Å². The second-order valence-electron chi connectivity index (χ2n) is 6.53. The van der Waals surface area contributed by atoms with Crippen LogP contribution in [0.2, 0.25) is 0 Å². The third-order valence-electron chi connectivity index (χ3n) is 4.27. The number of aromatic amines is 1. The molecule has 1 N–H and O–H groups in total. The van der Waals surface area contributed by atoms with Crippen LogP contribution in [0, 0.1) is 6.92 Å². The Balaban J connectivity index is 1.96. The first-order valence-corrected chi connectivity index (χ1v) is 7.48. The smallest absolute Gasteiger partial charge is 0.165 e. The van der Waals surface area contributed by atoms with Crippen LogP contribution in [0.4, 0.5) is 0 Å². The molecule has 0 spiro atoms. The Hall–Kier alpha value is -2.36. The van der Waals surface area contributed by atoms with E-state index in [4.69, 9.17) is 0 Å². The van der Waals surface area contributed by atoms with Crippen molar-refractivity contribution in [2.75, 3.05) is 0 Å². The number of nitrogens with zero attached hydrogens (tertiary/aromatic N) is 2. The summed E-state index contributed by atoms with van der Waals surface area (Å²) in [4.78, 5) is 20.3. The Morgan fingerprint density at radius 2 is 2.05 bits per heavy atom. The molecule has 2 aromatic heterocycles. The van der Waals surface area contributed by atoms with E-state index in [0.29, 0.717) is 6.42 Å². The van der Waals surface area contributed by atoms with E-state index in [1.54, 1.807) is 6.33 Å². The Morgan fingerprint density at radius 1 is 1.32 bits per heavy atom. The summed E-state index contributed by atoms with van der Waals surface area (Å²) in [5, 5.41) is 1.02. The number of nitrogens with one attached hydrogen (secondary N) is 1. The maximum absolute atomic E-state index is 12.8. The molecule has 1 aromatic carbocycles. The van der Waals surface area contributed by atoms with Crippen LogP contribution < -0.4 is 0 Å². The molecule has 0 radical (unpaired) electrons. The van der Waals surface area contributed by atoms with Gasteiger partial charge in [-0.3, -0.25) is 4.79 Å². The first kappa shape index (κ1) is 14.6. The number of fused-ring (bicyclic) bond motifs is 1. The Kier molecular flexibility index (Phi) is 3.39. The second kappa shape index (κ2) is 5.13. The molecule has 0 atom stereocenters. The number of aryl methyl sites for hydroxylation is 2. The summed E-state index contributed by atoms with van der Waals surface area (Å²) < 4.78 is 2.01.